The van der Waals surface area contributed by atoms with E-state index in [0.717, 1.165) is 29.3 Å². The first-order valence-corrected chi connectivity index (χ1v) is 8.05. The number of halogens is 1. The Morgan fingerprint density at radius 2 is 2.10 bits per heavy atom. The van der Waals surface area contributed by atoms with Crippen LogP contribution >= 0.6 is 15.9 Å². The molecule has 3 N–H and O–H groups in total. The maximum absolute atomic E-state index is 12.5. The van der Waals surface area contributed by atoms with Crippen LogP contribution in [-0.4, -0.2) is 11.4 Å². The van der Waals surface area contributed by atoms with Gasteiger partial charge in [0.15, 0.2) is 0 Å². The second-order valence-corrected chi connectivity index (χ2v) is 7.02. The van der Waals surface area contributed by atoms with Crippen LogP contribution in [-0.2, 0) is 4.79 Å². The second-order valence-electron chi connectivity index (χ2n) is 6.10. The summed E-state index contributed by atoms with van der Waals surface area (Å²) in [7, 11) is 0. The number of carbonyl (C=O) groups is 1. The number of amides is 1. The number of nitrogens with two attached hydrogens (primary N) is 1. The molecular formula is C16H23BrN2O. The van der Waals surface area contributed by atoms with Crippen LogP contribution in [0.4, 0.5) is 0 Å². The van der Waals surface area contributed by atoms with E-state index in [0.29, 0.717) is 5.92 Å². The van der Waals surface area contributed by atoms with E-state index in [1.807, 2.05) is 31.2 Å². The van der Waals surface area contributed by atoms with Gasteiger partial charge in [0.1, 0.15) is 0 Å². The lowest BCUT2D eigenvalue weighted by Crippen LogP contribution is -2.56. The van der Waals surface area contributed by atoms with Crippen molar-refractivity contribution in [1.29, 1.82) is 0 Å². The normalized spacial score (nSPS) is 27.9. The molecule has 1 aromatic carbocycles. The number of hydrogen-bond acceptors (Lipinski definition) is 2. The zero-order valence-electron chi connectivity index (χ0n) is 12.2. The molecule has 20 heavy (non-hydrogen) atoms. The van der Waals surface area contributed by atoms with Crippen molar-refractivity contribution >= 4 is 21.8 Å². The van der Waals surface area contributed by atoms with Gasteiger partial charge in [0, 0.05) is 4.47 Å². The fourth-order valence-corrected chi connectivity index (χ4v) is 3.24. The average molecular weight is 339 g/mol. The van der Waals surface area contributed by atoms with E-state index < -0.39 is 5.54 Å². The van der Waals surface area contributed by atoms with Crippen molar-refractivity contribution in [2.45, 2.75) is 51.1 Å². The lowest BCUT2D eigenvalue weighted by atomic mass is 9.76. The highest BCUT2D eigenvalue weighted by molar-refractivity contribution is 9.10. The topological polar surface area (TPSA) is 55.1 Å². The third-order valence-corrected chi connectivity index (χ3v) is 4.73. The molecular weight excluding hydrogens is 316 g/mol. The van der Waals surface area contributed by atoms with Crippen molar-refractivity contribution in [2.75, 3.05) is 0 Å². The lowest BCUT2D eigenvalue weighted by Gasteiger charge is -2.36. The Kier molecular flexibility index (Phi) is 4.86. The van der Waals surface area contributed by atoms with Gasteiger partial charge in [-0.3, -0.25) is 4.79 Å². The first-order chi connectivity index (χ1) is 9.40. The average Bonchev–Trinajstić information content (AvgIpc) is 2.39. The van der Waals surface area contributed by atoms with Crippen LogP contribution in [0.15, 0.2) is 28.7 Å². The van der Waals surface area contributed by atoms with E-state index in [-0.39, 0.29) is 11.9 Å². The molecule has 1 aromatic rings. The van der Waals surface area contributed by atoms with E-state index in [1.54, 1.807) is 0 Å². The summed E-state index contributed by atoms with van der Waals surface area (Å²) in [5.41, 5.74) is 6.72. The van der Waals surface area contributed by atoms with Gasteiger partial charge >= 0.3 is 0 Å². The molecule has 1 amide bonds. The molecule has 1 aliphatic carbocycles. The molecule has 0 bridgehead atoms. The molecule has 4 heteroatoms. The van der Waals surface area contributed by atoms with Crippen molar-refractivity contribution in [3.63, 3.8) is 0 Å². The number of rotatable bonds is 3. The van der Waals surface area contributed by atoms with Gasteiger partial charge in [0.05, 0.1) is 11.6 Å². The molecule has 1 saturated carbocycles. The highest BCUT2D eigenvalue weighted by Crippen LogP contribution is 2.31. The van der Waals surface area contributed by atoms with Crippen LogP contribution in [0.1, 0.15) is 51.1 Å². The van der Waals surface area contributed by atoms with Crippen LogP contribution in [0.5, 0.6) is 0 Å². The molecule has 3 atom stereocenters. The fourth-order valence-electron chi connectivity index (χ4n) is 2.97. The summed E-state index contributed by atoms with van der Waals surface area (Å²) in [6.45, 7) is 4.17. The van der Waals surface area contributed by atoms with Gasteiger partial charge in [0.25, 0.3) is 0 Å². The molecule has 3 nitrogen and oxygen atoms in total. The molecule has 2 rings (SSSR count). The molecule has 0 aliphatic heterocycles. The molecule has 0 aromatic heterocycles. The number of nitrogens with one attached hydrogen (secondary N) is 1. The van der Waals surface area contributed by atoms with Crippen LogP contribution < -0.4 is 11.1 Å². The van der Waals surface area contributed by atoms with Gasteiger partial charge in [-0.15, -0.1) is 0 Å². The molecule has 0 spiro atoms. The van der Waals surface area contributed by atoms with Crippen molar-refractivity contribution in [1.82, 2.24) is 5.32 Å². The van der Waals surface area contributed by atoms with Crippen molar-refractivity contribution in [3.8, 4) is 0 Å². The maximum atomic E-state index is 12.5. The summed E-state index contributed by atoms with van der Waals surface area (Å²) < 4.78 is 1.04. The predicted octanol–water partition coefficient (Wildman–Crippen LogP) is 3.53. The Hall–Kier alpha value is -0.870. The van der Waals surface area contributed by atoms with Gasteiger partial charge in [-0.25, -0.2) is 0 Å². The maximum Gasteiger partial charge on any atom is 0.240 e. The van der Waals surface area contributed by atoms with Gasteiger partial charge < -0.3 is 11.1 Å². The number of hydrogen-bond donors (Lipinski definition) is 2. The molecule has 0 radical (unpaired) electrons. The highest BCUT2D eigenvalue weighted by Gasteiger charge is 2.38. The summed E-state index contributed by atoms with van der Waals surface area (Å²) in [6, 6.07) is 7.98. The third kappa shape index (κ3) is 3.61. The van der Waals surface area contributed by atoms with Crippen molar-refractivity contribution < 1.29 is 4.79 Å². The van der Waals surface area contributed by atoms with Crippen molar-refractivity contribution in [3.05, 3.63) is 34.3 Å². The van der Waals surface area contributed by atoms with Crippen molar-refractivity contribution in [2.24, 2.45) is 11.7 Å². The minimum atomic E-state index is -0.693. The lowest BCUT2D eigenvalue weighted by molar-refractivity contribution is -0.128. The summed E-state index contributed by atoms with van der Waals surface area (Å²) in [4.78, 5) is 12.5. The standard InChI is InChI=1S/C16H23BrN2O/c1-11-4-3-9-16(18,10-11)15(20)19-12(2)13-5-7-14(17)8-6-13/h5-8,11-12H,3-4,9-10,18H2,1-2H3,(H,19,20)/t11?,12-,16?/m1/s1. The third-order valence-electron chi connectivity index (χ3n) is 4.20. The second kappa shape index (κ2) is 6.27. The predicted molar refractivity (Wildman–Crippen MR) is 85.3 cm³/mol. The van der Waals surface area contributed by atoms with Crippen LogP contribution in [0.2, 0.25) is 0 Å². The molecule has 0 saturated heterocycles. The van der Waals surface area contributed by atoms with Gasteiger partial charge in [-0.1, -0.05) is 47.8 Å². The van der Waals surface area contributed by atoms with Crippen LogP contribution in [0.25, 0.3) is 0 Å². The Morgan fingerprint density at radius 1 is 1.45 bits per heavy atom. The van der Waals surface area contributed by atoms with Gasteiger partial charge in [-0.2, -0.15) is 0 Å². The van der Waals surface area contributed by atoms with Gasteiger partial charge in [0.2, 0.25) is 5.91 Å². The first-order valence-electron chi connectivity index (χ1n) is 7.26. The summed E-state index contributed by atoms with van der Waals surface area (Å²) >= 11 is 3.42. The van der Waals surface area contributed by atoms with E-state index in [4.69, 9.17) is 5.73 Å². The molecule has 110 valence electrons. The number of carbonyl (C=O) groups excluding carboxylic acids is 1. The first kappa shape index (κ1) is 15.5. The summed E-state index contributed by atoms with van der Waals surface area (Å²) in [6.07, 6.45) is 3.79. The highest BCUT2D eigenvalue weighted by atomic mass is 79.9. The monoisotopic (exact) mass is 338 g/mol. The molecule has 1 fully saturated rings. The van der Waals surface area contributed by atoms with E-state index in [2.05, 4.69) is 28.2 Å². The Labute approximate surface area is 129 Å². The Balaban J connectivity index is 2.01. The summed E-state index contributed by atoms with van der Waals surface area (Å²) in [5.74, 6) is 0.516. The van der Waals surface area contributed by atoms with Crippen LogP contribution in [0, 0.1) is 5.92 Å². The molecule has 1 aliphatic rings. The minimum absolute atomic E-state index is 0.0144. The van der Waals surface area contributed by atoms with Gasteiger partial charge in [-0.05, 0) is 43.4 Å². The molecule has 2 unspecified atom stereocenters. The number of benzene rings is 1. The van der Waals surface area contributed by atoms with E-state index in [1.165, 1.54) is 6.42 Å². The zero-order chi connectivity index (χ0) is 14.8. The summed E-state index contributed by atoms with van der Waals surface area (Å²) in [5, 5.41) is 3.07. The SMILES string of the molecule is CC1CCCC(N)(C(=O)N[C@H](C)c2ccc(Br)cc2)C1. The largest absolute Gasteiger partial charge is 0.348 e. The Morgan fingerprint density at radius 3 is 2.70 bits per heavy atom. The molecule has 0 heterocycles. The fraction of sp³-hybridized carbons (Fsp3) is 0.562. The Bertz CT molecular complexity index is 474. The van der Waals surface area contributed by atoms with Crippen LogP contribution in [0.3, 0.4) is 0 Å². The minimum Gasteiger partial charge on any atom is -0.348 e. The van der Waals surface area contributed by atoms with E-state index >= 15 is 0 Å². The smallest absolute Gasteiger partial charge is 0.240 e. The quantitative estimate of drug-likeness (QED) is 0.885. The zero-order valence-corrected chi connectivity index (χ0v) is 13.7. The van der Waals surface area contributed by atoms with E-state index in [9.17, 15) is 4.79 Å².